The Bertz CT molecular complexity index is 382. The topological polar surface area (TPSA) is 40.5 Å². The second-order valence-corrected chi connectivity index (χ2v) is 5.58. The number of halogens is 1. The minimum atomic E-state index is -0.00347. The van der Waals surface area contributed by atoms with Crippen LogP contribution in [0.15, 0.2) is 30.3 Å². The fourth-order valence-corrected chi connectivity index (χ4v) is 2.88. The molecule has 1 fully saturated rings. The van der Waals surface area contributed by atoms with Crippen LogP contribution in [0.1, 0.15) is 24.4 Å². The highest BCUT2D eigenvalue weighted by molar-refractivity contribution is 9.09. The molecule has 2 unspecified atom stereocenters. The zero-order valence-corrected chi connectivity index (χ0v) is 11.1. The van der Waals surface area contributed by atoms with Crippen LogP contribution in [0.2, 0.25) is 0 Å². The van der Waals surface area contributed by atoms with Crippen molar-refractivity contribution in [3.05, 3.63) is 35.9 Å². The van der Waals surface area contributed by atoms with Gasteiger partial charge in [-0.25, -0.2) is 0 Å². The van der Waals surface area contributed by atoms with Crippen LogP contribution in [0.4, 0.5) is 0 Å². The average molecular weight is 298 g/mol. The van der Waals surface area contributed by atoms with Crippen molar-refractivity contribution in [1.29, 1.82) is 0 Å². The predicted molar refractivity (Wildman–Crippen MR) is 69.9 cm³/mol. The molecule has 1 aliphatic heterocycles. The Labute approximate surface area is 110 Å². The molecule has 0 bridgehead atoms. The van der Waals surface area contributed by atoms with Crippen molar-refractivity contribution < 1.29 is 9.90 Å². The van der Waals surface area contributed by atoms with E-state index >= 15 is 0 Å². The summed E-state index contributed by atoms with van der Waals surface area (Å²) in [6, 6.07) is 9.90. The molecular weight excluding hydrogens is 282 g/mol. The summed E-state index contributed by atoms with van der Waals surface area (Å²) in [5.74, 6) is 0.161. The van der Waals surface area contributed by atoms with Gasteiger partial charge in [-0.3, -0.25) is 4.79 Å². The maximum absolute atomic E-state index is 11.9. The molecule has 3 nitrogen and oxygen atoms in total. The second-order valence-electron chi connectivity index (χ2n) is 4.29. The fraction of sp³-hybridized carbons (Fsp3) is 0.462. The number of likely N-dealkylation sites (tertiary alicyclic amines) is 1. The standard InChI is InChI=1S/C13H16BrNO2/c14-11-8-13(17)15(9-11)12(6-7-16)10-4-2-1-3-5-10/h1-5,11-12,16H,6-9H2. The van der Waals surface area contributed by atoms with Crippen LogP contribution in [0.5, 0.6) is 0 Å². The highest BCUT2D eigenvalue weighted by Crippen LogP contribution is 2.30. The maximum Gasteiger partial charge on any atom is 0.224 e. The molecule has 1 aromatic carbocycles. The van der Waals surface area contributed by atoms with Crippen LogP contribution in [0.25, 0.3) is 0 Å². The third-order valence-electron chi connectivity index (χ3n) is 3.07. The lowest BCUT2D eigenvalue weighted by Gasteiger charge is -2.28. The van der Waals surface area contributed by atoms with Gasteiger partial charge < -0.3 is 10.0 Å². The molecule has 4 heteroatoms. The third kappa shape index (κ3) is 2.87. The quantitative estimate of drug-likeness (QED) is 0.865. The number of carbonyl (C=O) groups excluding carboxylic acids is 1. The lowest BCUT2D eigenvalue weighted by atomic mass is 10.0. The normalized spacial score (nSPS) is 21.9. The van der Waals surface area contributed by atoms with Gasteiger partial charge in [0.25, 0.3) is 0 Å². The van der Waals surface area contributed by atoms with Crippen molar-refractivity contribution >= 4 is 21.8 Å². The number of alkyl halides is 1. The first kappa shape index (κ1) is 12.6. The van der Waals surface area contributed by atoms with Gasteiger partial charge in [-0.1, -0.05) is 46.3 Å². The van der Waals surface area contributed by atoms with Crippen molar-refractivity contribution in [3.8, 4) is 0 Å². The van der Waals surface area contributed by atoms with Gasteiger partial charge in [-0.15, -0.1) is 0 Å². The van der Waals surface area contributed by atoms with E-state index in [1.54, 1.807) is 0 Å². The first-order chi connectivity index (χ1) is 8.22. The largest absolute Gasteiger partial charge is 0.396 e. The minimum Gasteiger partial charge on any atom is -0.396 e. The molecule has 0 aliphatic carbocycles. The molecule has 1 saturated heterocycles. The third-order valence-corrected chi connectivity index (χ3v) is 3.69. The molecule has 0 aromatic heterocycles. The van der Waals surface area contributed by atoms with Gasteiger partial charge in [0.15, 0.2) is 0 Å². The molecule has 0 spiro atoms. The van der Waals surface area contributed by atoms with E-state index in [2.05, 4.69) is 15.9 Å². The summed E-state index contributed by atoms with van der Waals surface area (Å²) in [5.41, 5.74) is 1.09. The Hall–Kier alpha value is -0.870. The zero-order chi connectivity index (χ0) is 12.3. The highest BCUT2D eigenvalue weighted by Gasteiger charge is 2.33. The Morgan fingerprint density at radius 3 is 2.65 bits per heavy atom. The number of rotatable bonds is 4. The molecule has 2 atom stereocenters. The van der Waals surface area contributed by atoms with Gasteiger partial charge in [0.2, 0.25) is 5.91 Å². The predicted octanol–water partition coefficient (Wildman–Crippen LogP) is 2.11. The van der Waals surface area contributed by atoms with Crippen LogP contribution < -0.4 is 0 Å². The summed E-state index contributed by atoms with van der Waals surface area (Å²) in [5, 5.41) is 9.16. The summed E-state index contributed by atoms with van der Waals surface area (Å²) in [6.07, 6.45) is 1.14. The monoisotopic (exact) mass is 297 g/mol. The number of aliphatic hydroxyl groups is 1. The molecule has 1 aromatic rings. The summed E-state index contributed by atoms with van der Waals surface area (Å²) < 4.78 is 0. The van der Waals surface area contributed by atoms with E-state index in [1.165, 1.54) is 0 Å². The molecule has 92 valence electrons. The van der Waals surface area contributed by atoms with Crippen LogP contribution in [-0.2, 0) is 4.79 Å². The van der Waals surface area contributed by atoms with Crippen LogP contribution >= 0.6 is 15.9 Å². The van der Waals surface area contributed by atoms with Crippen molar-refractivity contribution in [2.24, 2.45) is 0 Å². The Balaban J connectivity index is 2.21. The molecule has 1 heterocycles. The van der Waals surface area contributed by atoms with E-state index in [-0.39, 0.29) is 23.4 Å². The highest BCUT2D eigenvalue weighted by atomic mass is 79.9. The summed E-state index contributed by atoms with van der Waals surface area (Å²) in [7, 11) is 0. The van der Waals surface area contributed by atoms with Gasteiger partial charge in [0.05, 0.1) is 6.04 Å². The fourth-order valence-electron chi connectivity index (χ4n) is 2.29. The maximum atomic E-state index is 11.9. The van der Waals surface area contributed by atoms with E-state index < -0.39 is 0 Å². The number of hydrogen-bond donors (Lipinski definition) is 1. The van der Waals surface area contributed by atoms with Crippen molar-refractivity contribution in [3.63, 3.8) is 0 Å². The Morgan fingerprint density at radius 2 is 2.12 bits per heavy atom. The van der Waals surface area contributed by atoms with E-state index in [0.717, 1.165) is 12.1 Å². The van der Waals surface area contributed by atoms with Crippen LogP contribution in [0.3, 0.4) is 0 Å². The van der Waals surface area contributed by atoms with Crippen LogP contribution in [-0.4, -0.2) is 33.9 Å². The minimum absolute atomic E-state index is 0.00347. The van der Waals surface area contributed by atoms with Gasteiger partial charge in [0, 0.05) is 24.4 Å². The van der Waals surface area contributed by atoms with E-state index in [9.17, 15) is 4.79 Å². The average Bonchev–Trinajstić information content (AvgIpc) is 2.66. The Morgan fingerprint density at radius 1 is 1.41 bits per heavy atom. The number of carbonyl (C=O) groups is 1. The van der Waals surface area contributed by atoms with E-state index in [1.807, 2.05) is 35.2 Å². The zero-order valence-electron chi connectivity index (χ0n) is 9.55. The number of benzene rings is 1. The van der Waals surface area contributed by atoms with Crippen molar-refractivity contribution in [1.82, 2.24) is 4.90 Å². The number of aliphatic hydroxyl groups excluding tert-OH is 1. The SMILES string of the molecule is O=C1CC(Br)CN1C(CCO)c1ccccc1. The van der Waals surface area contributed by atoms with E-state index in [4.69, 9.17) is 5.11 Å². The molecule has 0 radical (unpaired) electrons. The molecular formula is C13H16BrNO2. The van der Waals surface area contributed by atoms with Crippen molar-refractivity contribution in [2.75, 3.05) is 13.2 Å². The van der Waals surface area contributed by atoms with Gasteiger partial charge >= 0.3 is 0 Å². The molecule has 0 saturated carbocycles. The van der Waals surface area contributed by atoms with Gasteiger partial charge in [-0.2, -0.15) is 0 Å². The molecule has 1 amide bonds. The first-order valence-electron chi connectivity index (χ1n) is 5.81. The molecule has 17 heavy (non-hydrogen) atoms. The second kappa shape index (κ2) is 5.65. The number of amides is 1. The lowest BCUT2D eigenvalue weighted by Crippen LogP contribution is -2.31. The summed E-state index contributed by atoms with van der Waals surface area (Å²) >= 11 is 3.49. The molecule has 1 aliphatic rings. The van der Waals surface area contributed by atoms with Gasteiger partial charge in [0.1, 0.15) is 0 Å². The molecule has 2 rings (SSSR count). The summed E-state index contributed by atoms with van der Waals surface area (Å²) in [4.78, 5) is 14.0. The summed E-state index contributed by atoms with van der Waals surface area (Å²) in [6.45, 7) is 0.814. The molecule has 1 N–H and O–H groups in total. The Kier molecular flexibility index (Phi) is 4.18. The van der Waals surface area contributed by atoms with E-state index in [0.29, 0.717) is 12.8 Å². The number of nitrogens with zero attached hydrogens (tertiary/aromatic N) is 1. The smallest absolute Gasteiger partial charge is 0.224 e. The number of hydrogen-bond acceptors (Lipinski definition) is 2. The lowest BCUT2D eigenvalue weighted by molar-refractivity contribution is -0.130. The van der Waals surface area contributed by atoms with Crippen molar-refractivity contribution in [2.45, 2.75) is 23.7 Å². The van der Waals surface area contributed by atoms with Crippen LogP contribution in [0, 0.1) is 0 Å². The van der Waals surface area contributed by atoms with Gasteiger partial charge in [-0.05, 0) is 12.0 Å². The first-order valence-corrected chi connectivity index (χ1v) is 6.73.